The van der Waals surface area contributed by atoms with Crippen LogP contribution in [0.2, 0.25) is 0 Å². The van der Waals surface area contributed by atoms with Gasteiger partial charge in [0.1, 0.15) is 6.10 Å². The van der Waals surface area contributed by atoms with E-state index in [1.165, 1.54) is 0 Å². The van der Waals surface area contributed by atoms with Crippen LogP contribution in [-0.4, -0.2) is 47.4 Å². The molecule has 0 aromatic rings. The molecule has 5 atom stereocenters. The van der Waals surface area contributed by atoms with E-state index in [0.29, 0.717) is 24.8 Å². The molecular formula is C20H26O7. The Morgan fingerprint density at radius 2 is 2.15 bits per heavy atom. The van der Waals surface area contributed by atoms with Gasteiger partial charge in [0.15, 0.2) is 0 Å². The highest BCUT2D eigenvalue weighted by Gasteiger charge is 2.55. The molecule has 0 unspecified atom stereocenters. The quantitative estimate of drug-likeness (QED) is 0.395. The number of aliphatic hydroxyl groups excluding tert-OH is 1. The number of aliphatic carboxylic acids is 1. The third kappa shape index (κ3) is 3.98. The Morgan fingerprint density at radius 3 is 2.70 bits per heavy atom. The van der Waals surface area contributed by atoms with Crippen molar-refractivity contribution in [1.29, 1.82) is 0 Å². The summed E-state index contributed by atoms with van der Waals surface area (Å²) in [7, 11) is 0. The van der Waals surface area contributed by atoms with E-state index in [-0.39, 0.29) is 18.1 Å². The predicted molar refractivity (Wildman–Crippen MR) is 96.5 cm³/mol. The second-order valence-electron chi connectivity index (χ2n) is 7.45. The number of carboxylic acids is 1. The van der Waals surface area contributed by atoms with Crippen molar-refractivity contribution in [3.05, 3.63) is 37.0 Å². The maximum Gasteiger partial charge on any atom is 0.336 e. The van der Waals surface area contributed by atoms with Gasteiger partial charge in [0.25, 0.3) is 0 Å². The van der Waals surface area contributed by atoms with E-state index in [9.17, 15) is 19.5 Å². The van der Waals surface area contributed by atoms with Gasteiger partial charge in [-0.2, -0.15) is 0 Å². The van der Waals surface area contributed by atoms with E-state index in [4.69, 9.17) is 14.6 Å². The van der Waals surface area contributed by atoms with E-state index >= 15 is 0 Å². The van der Waals surface area contributed by atoms with Crippen molar-refractivity contribution in [3.63, 3.8) is 0 Å². The zero-order chi connectivity index (χ0) is 20.4. The molecule has 0 aromatic heterocycles. The smallest absolute Gasteiger partial charge is 0.336 e. The lowest BCUT2D eigenvalue weighted by Gasteiger charge is -2.52. The molecule has 0 aromatic carbocycles. The van der Waals surface area contributed by atoms with Crippen LogP contribution in [0.4, 0.5) is 0 Å². The monoisotopic (exact) mass is 378 g/mol. The molecule has 27 heavy (non-hydrogen) atoms. The zero-order valence-corrected chi connectivity index (χ0v) is 15.5. The van der Waals surface area contributed by atoms with Crippen LogP contribution in [0.15, 0.2) is 37.0 Å². The average Bonchev–Trinajstić information content (AvgIpc) is 2.63. The van der Waals surface area contributed by atoms with Gasteiger partial charge >= 0.3 is 17.9 Å². The molecule has 1 aliphatic carbocycles. The van der Waals surface area contributed by atoms with Crippen LogP contribution in [0.1, 0.15) is 26.2 Å². The second kappa shape index (κ2) is 8.08. The van der Waals surface area contributed by atoms with Gasteiger partial charge in [-0.1, -0.05) is 26.2 Å². The van der Waals surface area contributed by atoms with Crippen LogP contribution in [0.3, 0.4) is 0 Å². The van der Waals surface area contributed by atoms with Gasteiger partial charge in [0.2, 0.25) is 0 Å². The number of ether oxygens (including phenoxy) is 2. The van der Waals surface area contributed by atoms with Crippen molar-refractivity contribution in [2.45, 2.75) is 32.3 Å². The van der Waals surface area contributed by atoms with Crippen LogP contribution in [0.25, 0.3) is 0 Å². The first kappa shape index (κ1) is 20.9. The summed E-state index contributed by atoms with van der Waals surface area (Å²) in [4.78, 5) is 35.8. The Morgan fingerprint density at radius 1 is 1.48 bits per heavy atom. The number of carbonyl (C=O) groups is 3. The van der Waals surface area contributed by atoms with Crippen molar-refractivity contribution in [2.24, 2.45) is 23.2 Å². The first-order valence-electron chi connectivity index (χ1n) is 8.86. The van der Waals surface area contributed by atoms with E-state index < -0.39 is 47.9 Å². The number of hydrogen-bond acceptors (Lipinski definition) is 6. The molecule has 0 bridgehead atoms. The van der Waals surface area contributed by atoms with Crippen molar-refractivity contribution in [3.8, 4) is 0 Å². The lowest BCUT2D eigenvalue weighted by molar-refractivity contribution is -0.175. The van der Waals surface area contributed by atoms with Gasteiger partial charge < -0.3 is 19.7 Å². The number of allylic oxidation sites excluding steroid dienone is 1. The normalized spacial score (nSPS) is 31.3. The van der Waals surface area contributed by atoms with E-state index in [1.807, 2.05) is 0 Å². The summed E-state index contributed by atoms with van der Waals surface area (Å²) in [5, 5.41) is 18.6. The SMILES string of the molecule is C=CC[C@@]12COC(=O)C(=C)[C@@H]1C[C@H]([C@@H](C)C(=O)O)[C@@H](OC(=O)C(=C)CO)C2. The molecule has 2 fully saturated rings. The molecule has 1 saturated heterocycles. The molecule has 0 spiro atoms. The molecule has 7 nitrogen and oxygen atoms in total. The van der Waals surface area contributed by atoms with Crippen molar-refractivity contribution < 1.29 is 34.1 Å². The number of carbonyl (C=O) groups excluding carboxylic acids is 2. The van der Waals surface area contributed by atoms with E-state index in [1.54, 1.807) is 13.0 Å². The standard InChI is InChI=1S/C20H26O7/c1-5-6-20-8-16(27-18(24)11(2)9-21)14(12(3)17(22)23)7-15(20)13(4)19(25)26-10-20/h5,12,14-16,21H,1-2,4,6-10H2,3H3,(H,22,23)/t12-,14-,15+,16+,20-/m1/s1. The van der Waals surface area contributed by atoms with Crippen LogP contribution < -0.4 is 0 Å². The van der Waals surface area contributed by atoms with Crippen molar-refractivity contribution in [2.75, 3.05) is 13.2 Å². The molecule has 7 heteroatoms. The lowest BCUT2D eigenvalue weighted by Crippen LogP contribution is -2.53. The molecule has 148 valence electrons. The summed E-state index contributed by atoms with van der Waals surface area (Å²) in [5.41, 5.74) is -0.334. The molecule has 2 rings (SSSR count). The minimum absolute atomic E-state index is 0.101. The first-order valence-corrected chi connectivity index (χ1v) is 8.86. The van der Waals surface area contributed by atoms with Crippen molar-refractivity contribution in [1.82, 2.24) is 0 Å². The Hall–Kier alpha value is -2.41. The third-order valence-electron chi connectivity index (χ3n) is 5.83. The van der Waals surface area contributed by atoms with Crippen LogP contribution >= 0.6 is 0 Å². The summed E-state index contributed by atoms with van der Waals surface area (Å²) in [6.07, 6.45) is 2.15. The number of esters is 2. The van der Waals surface area contributed by atoms with Crippen LogP contribution in [0, 0.1) is 23.2 Å². The number of fused-ring (bicyclic) bond motifs is 1. The molecular weight excluding hydrogens is 352 g/mol. The molecule has 1 aliphatic heterocycles. The molecule has 0 radical (unpaired) electrons. The first-order chi connectivity index (χ1) is 12.7. The van der Waals surface area contributed by atoms with E-state index in [0.717, 1.165) is 0 Å². The number of rotatable bonds is 7. The van der Waals surface area contributed by atoms with Crippen molar-refractivity contribution >= 4 is 17.9 Å². The molecule has 0 amide bonds. The van der Waals surface area contributed by atoms with Crippen LogP contribution in [0.5, 0.6) is 0 Å². The molecule has 2 aliphatic rings. The van der Waals surface area contributed by atoms with Gasteiger partial charge in [-0.05, 0) is 19.3 Å². The Balaban J connectivity index is 2.40. The van der Waals surface area contributed by atoms with Crippen LogP contribution in [-0.2, 0) is 23.9 Å². The van der Waals surface area contributed by atoms with Gasteiger partial charge in [0, 0.05) is 22.8 Å². The fraction of sp³-hybridized carbons (Fsp3) is 0.550. The highest BCUT2D eigenvalue weighted by atomic mass is 16.5. The zero-order valence-electron chi connectivity index (χ0n) is 15.5. The van der Waals surface area contributed by atoms with E-state index in [2.05, 4.69) is 19.7 Å². The number of hydrogen-bond donors (Lipinski definition) is 2. The molecule has 2 N–H and O–H groups in total. The summed E-state index contributed by atoms with van der Waals surface area (Å²) in [6.45, 7) is 12.2. The van der Waals surface area contributed by atoms with Gasteiger partial charge in [0.05, 0.1) is 24.7 Å². The fourth-order valence-corrected chi connectivity index (χ4v) is 4.18. The second-order valence-corrected chi connectivity index (χ2v) is 7.45. The number of aliphatic hydroxyl groups is 1. The fourth-order valence-electron chi connectivity index (χ4n) is 4.18. The summed E-state index contributed by atoms with van der Waals surface area (Å²) in [6, 6.07) is 0. The van der Waals surface area contributed by atoms with Gasteiger partial charge in [-0.25, -0.2) is 9.59 Å². The Bertz CT molecular complexity index is 680. The van der Waals surface area contributed by atoms with Gasteiger partial charge in [-0.3, -0.25) is 4.79 Å². The minimum atomic E-state index is -1.01. The third-order valence-corrected chi connectivity index (χ3v) is 5.83. The maximum absolute atomic E-state index is 12.2. The number of cyclic esters (lactones) is 1. The Kier molecular flexibility index (Phi) is 6.26. The summed E-state index contributed by atoms with van der Waals surface area (Å²) < 4.78 is 10.8. The average molecular weight is 378 g/mol. The predicted octanol–water partition coefficient (Wildman–Crippen LogP) is 1.87. The minimum Gasteiger partial charge on any atom is -0.481 e. The summed E-state index contributed by atoms with van der Waals surface area (Å²) >= 11 is 0. The largest absolute Gasteiger partial charge is 0.481 e. The number of carboxylic acid groups (broad SMARTS) is 1. The highest BCUT2D eigenvalue weighted by molar-refractivity contribution is 5.89. The summed E-state index contributed by atoms with van der Waals surface area (Å²) in [5.74, 6) is -3.84. The maximum atomic E-state index is 12.2. The molecule has 1 heterocycles. The topological polar surface area (TPSA) is 110 Å². The molecule has 1 saturated carbocycles. The highest BCUT2D eigenvalue weighted by Crippen LogP contribution is 2.54. The Labute approximate surface area is 158 Å². The van der Waals surface area contributed by atoms with Gasteiger partial charge in [-0.15, -0.1) is 6.58 Å². The lowest BCUT2D eigenvalue weighted by atomic mass is 9.56.